The summed E-state index contributed by atoms with van der Waals surface area (Å²) in [7, 11) is 1.56. The number of aliphatic hydroxyl groups is 1. The summed E-state index contributed by atoms with van der Waals surface area (Å²) in [5.74, 6) is 0.410. The highest BCUT2D eigenvalue weighted by Crippen LogP contribution is 2.28. The van der Waals surface area contributed by atoms with Crippen LogP contribution in [0.15, 0.2) is 4.52 Å². The van der Waals surface area contributed by atoms with Gasteiger partial charge in [0, 0.05) is 26.1 Å². The number of amides is 1. The molecule has 2 rings (SSSR count). The lowest BCUT2D eigenvalue weighted by atomic mass is 9.95. The van der Waals surface area contributed by atoms with Gasteiger partial charge < -0.3 is 19.3 Å². The molecular weight excluding hydrogens is 248 g/mol. The quantitative estimate of drug-likeness (QED) is 0.884. The first-order valence-electron chi connectivity index (χ1n) is 6.32. The van der Waals surface area contributed by atoms with Gasteiger partial charge in [0.1, 0.15) is 5.76 Å². The molecule has 1 fully saturated rings. The number of hydrogen-bond acceptors (Lipinski definition) is 5. The predicted octanol–water partition coefficient (Wildman–Crippen LogP) is 0.972. The van der Waals surface area contributed by atoms with Crippen LogP contribution in [0, 0.1) is 12.8 Å². The number of hydrogen-bond donors (Lipinski definition) is 1. The van der Waals surface area contributed by atoms with Crippen molar-refractivity contribution in [3.63, 3.8) is 0 Å². The molecule has 0 bridgehead atoms. The lowest BCUT2D eigenvalue weighted by molar-refractivity contribution is 0.0349. The van der Waals surface area contributed by atoms with Gasteiger partial charge >= 0.3 is 0 Å². The third kappa shape index (κ3) is 2.50. The van der Waals surface area contributed by atoms with E-state index in [0.29, 0.717) is 24.4 Å². The molecule has 6 nitrogen and oxygen atoms in total. The smallest absolute Gasteiger partial charge is 0.276 e. The Bertz CT molecular complexity index is 481. The molecule has 0 spiro atoms. The zero-order chi connectivity index (χ0) is 14.2. The van der Waals surface area contributed by atoms with Crippen LogP contribution in [0.3, 0.4) is 0 Å². The average Bonchev–Trinajstić information content (AvgIpc) is 2.82. The van der Waals surface area contributed by atoms with Crippen LogP contribution >= 0.6 is 0 Å². The predicted molar refractivity (Wildman–Crippen MR) is 67.6 cm³/mol. The largest absolute Gasteiger partial charge is 0.388 e. The molecule has 0 aliphatic carbocycles. The van der Waals surface area contributed by atoms with Gasteiger partial charge in [-0.2, -0.15) is 0 Å². The van der Waals surface area contributed by atoms with Crippen LogP contribution in [0.5, 0.6) is 0 Å². The summed E-state index contributed by atoms with van der Waals surface area (Å²) in [5.41, 5.74) is 0.103. The summed E-state index contributed by atoms with van der Waals surface area (Å²) in [6.07, 6.45) is 0. The summed E-state index contributed by atoms with van der Waals surface area (Å²) in [6, 6.07) is 0. The van der Waals surface area contributed by atoms with Gasteiger partial charge in [-0.3, -0.25) is 4.79 Å². The second-order valence-corrected chi connectivity index (χ2v) is 5.44. The number of carbonyl (C=O) groups excluding carboxylic acids is 1. The average molecular weight is 268 g/mol. The van der Waals surface area contributed by atoms with Gasteiger partial charge in [-0.1, -0.05) is 12.1 Å². The number of carbonyl (C=O) groups is 1. The van der Waals surface area contributed by atoms with E-state index in [1.807, 2.05) is 6.92 Å². The SMILES string of the molecule is COCc1c(C(=O)N2CC(C)C(C)(O)C2)noc1C. The lowest BCUT2D eigenvalue weighted by Crippen LogP contribution is -2.35. The van der Waals surface area contributed by atoms with Gasteiger partial charge in [0.15, 0.2) is 5.69 Å². The van der Waals surface area contributed by atoms with Crippen molar-refractivity contribution in [2.75, 3.05) is 20.2 Å². The Labute approximate surface area is 112 Å². The van der Waals surface area contributed by atoms with Crippen LogP contribution in [0.4, 0.5) is 0 Å². The Morgan fingerprint density at radius 2 is 2.37 bits per heavy atom. The fraction of sp³-hybridized carbons (Fsp3) is 0.692. The van der Waals surface area contributed by atoms with Crippen molar-refractivity contribution in [1.29, 1.82) is 0 Å². The van der Waals surface area contributed by atoms with Crippen LogP contribution in [-0.4, -0.2) is 46.9 Å². The molecule has 1 aromatic heterocycles. The minimum absolute atomic E-state index is 0.0373. The van der Waals surface area contributed by atoms with Crippen molar-refractivity contribution < 1.29 is 19.2 Å². The minimum Gasteiger partial charge on any atom is -0.388 e. The molecule has 1 N–H and O–H groups in total. The molecule has 1 aromatic rings. The van der Waals surface area contributed by atoms with Gasteiger partial charge in [0.2, 0.25) is 0 Å². The standard InChI is InChI=1S/C13H20N2O4/c1-8-5-15(7-13(8,3)17)12(16)11-10(6-18-4)9(2)19-14-11/h8,17H,5-7H2,1-4H3. The van der Waals surface area contributed by atoms with Gasteiger partial charge in [-0.05, 0) is 13.8 Å². The van der Waals surface area contributed by atoms with Crippen molar-refractivity contribution in [1.82, 2.24) is 10.1 Å². The molecular formula is C13H20N2O4. The second-order valence-electron chi connectivity index (χ2n) is 5.44. The van der Waals surface area contributed by atoms with E-state index in [0.717, 1.165) is 0 Å². The van der Waals surface area contributed by atoms with Crippen molar-refractivity contribution >= 4 is 5.91 Å². The first kappa shape index (κ1) is 14.0. The van der Waals surface area contributed by atoms with Crippen molar-refractivity contribution in [3.8, 4) is 0 Å². The minimum atomic E-state index is -0.851. The Morgan fingerprint density at radius 3 is 2.89 bits per heavy atom. The molecule has 1 saturated heterocycles. The molecule has 106 valence electrons. The van der Waals surface area contributed by atoms with E-state index in [1.54, 1.807) is 25.9 Å². The summed E-state index contributed by atoms with van der Waals surface area (Å²) >= 11 is 0. The number of methoxy groups -OCH3 is 1. The van der Waals surface area contributed by atoms with E-state index >= 15 is 0 Å². The van der Waals surface area contributed by atoms with Crippen molar-refractivity contribution in [3.05, 3.63) is 17.0 Å². The summed E-state index contributed by atoms with van der Waals surface area (Å²) in [6.45, 7) is 6.54. The Hall–Kier alpha value is -1.40. The monoisotopic (exact) mass is 268 g/mol. The van der Waals surface area contributed by atoms with Crippen LogP contribution in [0.2, 0.25) is 0 Å². The first-order chi connectivity index (χ1) is 8.86. The van der Waals surface area contributed by atoms with E-state index in [-0.39, 0.29) is 24.1 Å². The molecule has 1 aliphatic heterocycles. The Kier molecular flexibility index (Phi) is 3.64. The van der Waals surface area contributed by atoms with Gasteiger partial charge in [-0.25, -0.2) is 0 Å². The first-order valence-corrected chi connectivity index (χ1v) is 6.32. The second kappa shape index (κ2) is 4.94. The van der Waals surface area contributed by atoms with E-state index in [4.69, 9.17) is 9.26 Å². The summed E-state index contributed by atoms with van der Waals surface area (Å²) in [4.78, 5) is 14.0. The van der Waals surface area contributed by atoms with Gasteiger partial charge in [0.25, 0.3) is 5.91 Å². The zero-order valence-corrected chi connectivity index (χ0v) is 11.8. The highest BCUT2D eigenvalue weighted by molar-refractivity contribution is 5.94. The topological polar surface area (TPSA) is 75.8 Å². The van der Waals surface area contributed by atoms with Crippen LogP contribution in [0.1, 0.15) is 35.7 Å². The van der Waals surface area contributed by atoms with Gasteiger partial charge in [0.05, 0.1) is 17.8 Å². The zero-order valence-electron chi connectivity index (χ0n) is 11.8. The number of β-amino-alcohol motifs (C(OH)–C–C–N with tert-alkyl or cyclic N) is 1. The highest BCUT2D eigenvalue weighted by Gasteiger charge is 2.41. The number of aromatic nitrogens is 1. The normalized spacial score (nSPS) is 27.0. The van der Waals surface area contributed by atoms with Crippen LogP contribution in [-0.2, 0) is 11.3 Å². The van der Waals surface area contributed by atoms with E-state index in [2.05, 4.69) is 5.16 Å². The number of rotatable bonds is 3. The van der Waals surface area contributed by atoms with Crippen LogP contribution < -0.4 is 0 Å². The van der Waals surface area contributed by atoms with E-state index < -0.39 is 5.60 Å². The molecule has 0 radical (unpaired) electrons. The molecule has 0 aromatic carbocycles. The summed E-state index contributed by atoms with van der Waals surface area (Å²) in [5, 5.41) is 14.0. The third-order valence-electron chi connectivity index (χ3n) is 3.83. The lowest BCUT2D eigenvalue weighted by Gasteiger charge is -2.20. The Morgan fingerprint density at radius 1 is 1.68 bits per heavy atom. The highest BCUT2D eigenvalue weighted by atomic mass is 16.5. The fourth-order valence-electron chi connectivity index (χ4n) is 2.31. The molecule has 19 heavy (non-hydrogen) atoms. The third-order valence-corrected chi connectivity index (χ3v) is 3.83. The van der Waals surface area contributed by atoms with Crippen molar-refractivity contribution in [2.24, 2.45) is 5.92 Å². The Balaban J connectivity index is 2.22. The maximum Gasteiger partial charge on any atom is 0.276 e. The fourth-order valence-corrected chi connectivity index (χ4v) is 2.31. The van der Waals surface area contributed by atoms with Gasteiger partial charge in [-0.15, -0.1) is 0 Å². The van der Waals surface area contributed by atoms with E-state index in [9.17, 15) is 9.90 Å². The van der Waals surface area contributed by atoms with Crippen molar-refractivity contribution in [2.45, 2.75) is 33.0 Å². The molecule has 2 atom stereocenters. The summed E-state index contributed by atoms with van der Waals surface area (Å²) < 4.78 is 10.1. The molecule has 2 heterocycles. The molecule has 1 aliphatic rings. The maximum absolute atomic E-state index is 12.4. The number of nitrogens with zero attached hydrogens (tertiary/aromatic N) is 2. The number of aryl methyl sites for hydroxylation is 1. The van der Waals surface area contributed by atoms with E-state index in [1.165, 1.54) is 0 Å². The molecule has 6 heteroatoms. The maximum atomic E-state index is 12.4. The number of ether oxygens (including phenoxy) is 1. The van der Waals surface area contributed by atoms with Crippen LogP contribution in [0.25, 0.3) is 0 Å². The molecule has 1 amide bonds. The molecule has 0 saturated carbocycles. The molecule has 2 unspecified atom stereocenters. The number of likely N-dealkylation sites (tertiary alicyclic amines) is 1.